The molecule has 3 heterocycles. The minimum Gasteiger partial charge on any atom is -0.493 e. The number of hydrogen-bond acceptors (Lipinski definition) is 8. The molecule has 44 heavy (non-hydrogen) atoms. The lowest BCUT2D eigenvalue weighted by atomic mass is 10.1. The summed E-state index contributed by atoms with van der Waals surface area (Å²) >= 11 is 0. The molecular formula is C29H30F3N7O4S. The number of ether oxygens (including phenoxy) is 1. The predicted molar refractivity (Wildman–Crippen MR) is 156 cm³/mol. The minimum atomic E-state index is -4.70. The molecule has 0 amide bonds. The van der Waals surface area contributed by atoms with Crippen molar-refractivity contribution >= 4 is 21.2 Å². The molecule has 1 aliphatic rings. The number of nitriles is 1. The lowest BCUT2D eigenvalue weighted by molar-refractivity contribution is -0.137. The number of sulfonamides is 1. The molecule has 2 N–H and O–H groups in total. The Bertz CT molecular complexity index is 1930. The fraction of sp³-hybridized carbons (Fsp3) is 0.379. The molecule has 0 bridgehead atoms. The van der Waals surface area contributed by atoms with Crippen molar-refractivity contribution in [3.63, 3.8) is 0 Å². The van der Waals surface area contributed by atoms with Crippen LogP contribution in [0.3, 0.4) is 0 Å². The summed E-state index contributed by atoms with van der Waals surface area (Å²) in [5.41, 5.74) is -0.628. The molecule has 1 saturated heterocycles. The normalized spacial score (nSPS) is 15.6. The van der Waals surface area contributed by atoms with Crippen LogP contribution in [0.1, 0.15) is 49.3 Å². The van der Waals surface area contributed by atoms with E-state index in [0.717, 1.165) is 18.6 Å². The van der Waals surface area contributed by atoms with Crippen LogP contribution < -0.4 is 19.9 Å². The molecule has 1 atom stereocenters. The molecule has 1 fully saturated rings. The van der Waals surface area contributed by atoms with E-state index in [1.165, 1.54) is 28.8 Å². The molecule has 11 nitrogen and oxygen atoms in total. The Hall–Kier alpha value is -4.42. The van der Waals surface area contributed by atoms with Crippen LogP contribution in [0.15, 0.2) is 46.1 Å². The zero-order valence-electron chi connectivity index (χ0n) is 24.2. The molecule has 1 unspecified atom stereocenters. The molecule has 1 aliphatic heterocycles. The quantitative estimate of drug-likeness (QED) is 0.280. The van der Waals surface area contributed by atoms with E-state index >= 15 is 0 Å². The van der Waals surface area contributed by atoms with E-state index in [0.29, 0.717) is 42.2 Å². The summed E-state index contributed by atoms with van der Waals surface area (Å²) in [6.07, 6.45) is -3.00. The summed E-state index contributed by atoms with van der Waals surface area (Å²) in [6, 6.07) is 8.63. The number of anilines is 1. The number of H-pyrrole nitrogens is 1. The van der Waals surface area contributed by atoms with Crippen molar-refractivity contribution in [3.8, 4) is 23.2 Å². The second kappa shape index (κ2) is 11.9. The van der Waals surface area contributed by atoms with Crippen LogP contribution in [-0.2, 0) is 22.6 Å². The van der Waals surface area contributed by atoms with Crippen molar-refractivity contribution in [2.24, 2.45) is 0 Å². The van der Waals surface area contributed by atoms with Gasteiger partial charge in [0.05, 0.1) is 40.0 Å². The second-order valence-electron chi connectivity index (χ2n) is 10.4. The molecular weight excluding hydrogens is 599 g/mol. The van der Waals surface area contributed by atoms with E-state index in [-0.39, 0.29) is 35.1 Å². The van der Waals surface area contributed by atoms with E-state index in [1.54, 1.807) is 24.8 Å². The van der Waals surface area contributed by atoms with Crippen molar-refractivity contribution < 1.29 is 26.3 Å². The zero-order valence-corrected chi connectivity index (χ0v) is 25.0. The highest BCUT2D eigenvalue weighted by atomic mass is 32.2. The van der Waals surface area contributed by atoms with Crippen LogP contribution in [0.4, 0.5) is 18.9 Å². The minimum absolute atomic E-state index is 0.103. The average molecular weight is 630 g/mol. The maximum atomic E-state index is 13.5. The smallest absolute Gasteiger partial charge is 0.417 e. The van der Waals surface area contributed by atoms with Crippen molar-refractivity contribution in [3.05, 3.63) is 69.4 Å². The number of aryl methyl sites for hydroxylation is 2. The number of nitrogens with zero attached hydrogens (tertiary/aromatic N) is 5. The fourth-order valence-electron chi connectivity index (χ4n) is 5.32. The lowest BCUT2D eigenvalue weighted by Gasteiger charge is -2.21. The van der Waals surface area contributed by atoms with Crippen LogP contribution in [0, 0.1) is 18.3 Å². The average Bonchev–Trinajstić information content (AvgIpc) is 3.56. The van der Waals surface area contributed by atoms with Gasteiger partial charge in [-0.25, -0.2) is 22.6 Å². The first-order valence-electron chi connectivity index (χ1n) is 14.0. The maximum absolute atomic E-state index is 13.5. The summed E-state index contributed by atoms with van der Waals surface area (Å²) in [5, 5.41) is 13.7. The molecule has 15 heteroatoms. The number of rotatable bonds is 9. The Labute approximate surface area is 251 Å². The summed E-state index contributed by atoms with van der Waals surface area (Å²) in [4.78, 5) is 21.8. The molecule has 0 saturated carbocycles. The summed E-state index contributed by atoms with van der Waals surface area (Å²) < 4.78 is 77.3. The number of nitrogens with one attached hydrogen (secondary N) is 2. The summed E-state index contributed by atoms with van der Waals surface area (Å²) in [7, 11) is -4.11. The van der Waals surface area contributed by atoms with Gasteiger partial charge in [0, 0.05) is 31.2 Å². The van der Waals surface area contributed by atoms with E-state index in [9.17, 15) is 26.4 Å². The Morgan fingerprint density at radius 3 is 2.66 bits per heavy atom. The largest absolute Gasteiger partial charge is 0.493 e. The maximum Gasteiger partial charge on any atom is 0.417 e. The van der Waals surface area contributed by atoms with Gasteiger partial charge >= 0.3 is 6.18 Å². The number of aromatic amines is 1. The van der Waals surface area contributed by atoms with Crippen molar-refractivity contribution in [2.45, 2.75) is 57.1 Å². The van der Waals surface area contributed by atoms with Crippen LogP contribution in [0.5, 0.6) is 5.75 Å². The van der Waals surface area contributed by atoms with Gasteiger partial charge in [0.15, 0.2) is 11.3 Å². The molecule has 5 rings (SSSR count). The molecule has 232 valence electrons. The number of fused-ring (bicyclic) bond motifs is 1. The molecule has 0 spiro atoms. The van der Waals surface area contributed by atoms with Crippen LogP contribution in [0.25, 0.3) is 16.9 Å². The van der Waals surface area contributed by atoms with Gasteiger partial charge in [-0.2, -0.15) is 18.4 Å². The number of alkyl halides is 3. The zero-order chi connectivity index (χ0) is 31.8. The summed E-state index contributed by atoms with van der Waals surface area (Å²) in [6.45, 7) is 6.17. The number of aromatic nitrogens is 4. The fourth-order valence-corrected chi connectivity index (χ4v) is 6.61. The first-order chi connectivity index (χ1) is 20.9. The van der Waals surface area contributed by atoms with Gasteiger partial charge in [-0.15, -0.1) is 5.10 Å². The standard InChI is InChI=1S/C29H30F3N7O4S/c1-4-6-25-34-17(3)26-28(40)35-27(36-39(25)26)22-14-21(9-10-24(22)43-5-2)44(41,42)37-19-11-12-38(16-19)20-8-7-18(15-33)23(13-20)29(30,31)32/h7-10,13-14,19,37H,4-6,11-12,16H2,1-3H3,(H,35,36,40). The van der Waals surface area contributed by atoms with E-state index in [2.05, 4.69) is 19.8 Å². The number of halogens is 3. The van der Waals surface area contributed by atoms with Gasteiger partial charge in [-0.05, 0) is 63.1 Å². The van der Waals surface area contributed by atoms with Crippen LogP contribution >= 0.6 is 0 Å². The van der Waals surface area contributed by atoms with Gasteiger partial charge in [-0.1, -0.05) is 6.92 Å². The Kier molecular flexibility index (Phi) is 8.41. The highest BCUT2D eigenvalue weighted by Gasteiger charge is 2.35. The third-order valence-corrected chi connectivity index (χ3v) is 8.86. The van der Waals surface area contributed by atoms with Gasteiger partial charge in [0.2, 0.25) is 10.0 Å². The highest BCUT2D eigenvalue weighted by molar-refractivity contribution is 7.89. The molecule has 0 aliphatic carbocycles. The van der Waals surface area contributed by atoms with Crippen molar-refractivity contribution in [1.82, 2.24) is 24.3 Å². The van der Waals surface area contributed by atoms with E-state index in [4.69, 9.17) is 10.00 Å². The molecule has 2 aromatic heterocycles. The van der Waals surface area contributed by atoms with E-state index in [1.807, 2.05) is 6.92 Å². The molecule has 0 radical (unpaired) electrons. The third-order valence-electron chi connectivity index (χ3n) is 7.34. The molecule has 4 aromatic rings. The number of hydrogen-bond donors (Lipinski definition) is 2. The Balaban J connectivity index is 1.44. The Morgan fingerprint density at radius 1 is 1.20 bits per heavy atom. The number of imidazole rings is 1. The van der Waals surface area contributed by atoms with E-state index < -0.39 is 38.9 Å². The van der Waals surface area contributed by atoms with Gasteiger partial charge < -0.3 is 14.6 Å². The van der Waals surface area contributed by atoms with Crippen molar-refractivity contribution in [2.75, 3.05) is 24.6 Å². The SMILES string of the molecule is CCCc1nc(C)c2c(=O)[nH]c(-c3cc(S(=O)(=O)NC4CCN(c5ccc(C#N)c(C(F)(F)F)c5)C4)ccc3OCC)nn12. The third kappa shape index (κ3) is 6.00. The van der Waals surface area contributed by atoms with Gasteiger partial charge in [0.1, 0.15) is 11.6 Å². The molecule has 2 aromatic carbocycles. The number of benzene rings is 2. The van der Waals surface area contributed by atoms with Gasteiger partial charge in [-0.3, -0.25) is 4.79 Å². The topological polar surface area (TPSA) is 145 Å². The lowest BCUT2D eigenvalue weighted by Crippen LogP contribution is -2.37. The first-order valence-corrected chi connectivity index (χ1v) is 15.5. The highest BCUT2D eigenvalue weighted by Crippen LogP contribution is 2.35. The summed E-state index contributed by atoms with van der Waals surface area (Å²) in [5.74, 6) is 1.02. The van der Waals surface area contributed by atoms with Crippen molar-refractivity contribution in [1.29, 1.82) is 5.26 Å². The Morgan fingerprint density at radius 2 is 1.98 bits per heavy atom. The van der Waals surface area contributed by atoms with Crippen LogP contribution in [-0.4, -0.2) is 53.7 Å². The van der Waals surface area contributed by atoms with Gasteiger partial charge in [0.25, 0.3) is 5.56 Å². The predicted octanol–water partition coefficient (Wildman–Crippen LogP) is 4.19. The first kappa shape index (κ1) is 31.0. The second-order valence-corrected chi connectivity index (χ2v) is 12.1. The van der Waals surface area contributed by atoms with Crippen LogP contribution in [0.2, 0.25) is 0 Å². The monoisotopic (exact) mass is 629 g/mol.